The van der Waals surface area contributed by atoms with Gasteiger partial charge in [-0.05, 0) is 43.3 Å². The molecular formula is C17H19NO3. The summed E-state index contributed by atoms with van der Waals surface area (Å²) >= 11 is 0. The van der Waals surface area contributed by atoms with Crippen molar-refractivity contribution in [1.29, 1.82) is 0 Å². The smallest absolute Gasteiger partial charge is 0.255 e. The average Bonchev–Trinajstić information content (AvgIpc) is 2.50. The van der Waals surface area contributed by atoms with E-state index in [0.29, 0.717) is 18.8 Å². The lowest BCUT2D eigenvalue weighted by atomic mass is 10.2. The van der Waals surface area contributed by atoms with Crippen molar-refractivity contribution in [3.63, 3.8) is 0 Å². The first-order chi connectivity index (χ1) is 10.2. The number of amides is 1. The van der Waals surface area contributed by atoms with Gasteiger partial charge < -0.3 is 14.8 Å². The summed E-state index contributed by atoms with van der Waals surface area (Å²) in [6.45, 7) is 3.04. The molecule has 2 aromatic rings. The van der Waals surface area contributed by atoms with Gasteiger partial charge in [-0.15, -0.1) is 0 Å². The molecule has 0 aliphatic rings. The molecule has 0 bridgehead atoms. The van der Waals surface area contributed by atoms with Gasteiger partial charge in [0.05, 0.1) is 6.61 Å². The van der Waals surface area contributed by atoms with E-state index in [1.54, 1.807) is 31.4 Å². The van der Waals surface area contributed by atoms with Crippen LogP contribution in [-0.4, -0.2) is 26.2 Å². The van der Waals surface area contributed by atoms with E-state index >= 15 is 0 Å². The Morgan fingerprint density at radius 2 is 1.67 bits per heavy atom. The standard InChI is InChI=1S/C17H19NO3/c1-13-3-7-15(8-4-13)18-17(19)14-5-9-16(10-6-14)21-12-11-20-2/h3-10H,11-12H2,1-2H3,(H,18,19). The van der Waals surface area contributed by atoms with Crippen LogP contribution in [0.4, 0.5) is 5.69 Å². The van der Waals surface area contributed by atoms with Crippen LogP contribution in [0.2, 0.25) is 0 Å². The SMILES string of the molecule is COCCOc1ccc(C(=O)Nc2ccc(C)cc2)cc1. The summed E-state index contributed by atoms with van der Waals surface area (Å²) in [6, 6.07) is 14.7. The van der Waals surface area contributed by atoms with Gasteiger partial charge in [0.2, 0.25) is 0 Å². The van der Waals surface area contributed by atoms with Crippen LogP contribution in [0.1, 0.15) is 15.9 Å². The molecule has 0 radical (unpaired) electrons. The highest BCUT2D eigenvalue weighted by Gasteiger charge is 2.06. The third kappa shape index (κ3) is 4.61. The van der Waals surface area contributed by atoms with E-state index in [2.05, 4.69) is 5.32 Å². The maximum atomic E-state index is 12.1. The van der Waals surface area contributed by atoms with Crippen molar-refractivity contribution < 1.29 is 14.3 Å². The van der Waals surface area contributed by atoms with Crippen LogP contribution in [0.25, 0.3) is 0 Å². The number of aryl methyl sites for hydroxylation is 1. The van der Waals surface area contributed by atoms with Crippen LogP contribution in [0.5, 0.6) is 5.75 Å². The molecule has 0 aliphatic carbocycles. The summed E-state index contributed by atoms with van der Waals surface area (Å²) in [4.78, 5) is 12.1. The van der Waals surface area contributed by atoms with Crippen LogP contribution in [0, 0.1) is 6.92 Å². The van der Waals surface area contributed by atoms with E-state index in [0.717, 1.165) is 17.0 Å². The number of nitrogens with one attached hydrogen (secondary N) is 1. The number of anilines is 1. The largest absolute Gasteiger partial charge is 0.491 e. The molecule has 110 valence electrons. The highest BCUT2D eigenvalue weighted by Crippen LogP contribution is 2.14. The predicted molar refractivity (Wildman–Crippen MR) is 82.9 cm³/mol. The second-order valence-electron chi connectivity index (χ2n) is 4.69. The first kappa shape index (κ1) is 15.1. The van der Waals surface area contributed by atoms with E-state index in [4.69, 9.17) is 9.47 Å². The third-order valence-corrected chi connectivity index (χ3v) is 2.98. The summed E-state index contributed by atoms with van der Waals surface area (Å²) in [5.41, 5.74) is 2.53. The van der Waals surface area contributed by atoms with Crippen molar-refractivity contribution in [3.05, 3.63) is 59.7 Å². The molecule has 0 aliphatic heterocycles. The van der Waals surface area contributed by atoms with Crippen LogP contribution in [0.15, 0.2) is 48.5 Å². The molecule has 2 rings (SSSR count). The third-order valence-electron chi connectivity index (χ3n) is 2.98. The summed E-state index contributed by atoms with van der Waals surface area (Å²) in [5.74, 6) is 0.584. The van der Waals surface area contributed by atoms with Crippen molar-refractivity contribution in [2.24, 2.45) is 0 Å². The van der Waals surface area contributed by atoms with Crippen molar-refractivity contribution in [1.82, 2.24) is 0 Å². The van der Waals surface area contributed by atoms with Gasteiger partial charge in [0.1, 0.15) is 12.4 Å². The molecule has 0 fully saturated rings. The van der Waals surface area contributed by atoms with E-state index in [1.807, 2.05) is 31.2 Å². The van der Waals surface area contributed by atoms with Crippen LogP contribution in [-0.2, 0) is 4.74 Å². The molecule has 1 N–H and O–H groups in total. The molecule has 0 heterocycles. The fraction of sp³-hybridized carbons (Fsp3) is 0.235. The molecular weight excluding hydrogens is 266 g/mol. The van der Waals surface area contributed by atoms with Gasteiger partial charge in [-0.3, -0.25) is 4.79 Å². The minimum Gasteiger partial charge on any atom is -0.491 e. The van der Waals surface area contributed by atoms with Crippen LogP contribution >= 0.6 is 0 Å². The minimum absolute atomic E-state index is 0.137. The van der Waals surface area contributed by atoms with E-state index < -0.39 is 0 Å². The average molecular weight is 285 g/mol. The molecule has 0 aromatic heterocycles. The Bertz CT molecular complexity index is 576. The second-order valence-corrected chi connectivity index (χ2v) is 4.69. The zero-order valence-corrected chi connectivity index (χ0v) is 12.3. The molecule has 1 amide bonds. The number of carbonyl (C=O) groups excluding carboxylic acids is 1. The fourth-order valence-corrected chi connectivity index (χ4v) is 1.79. The molecule has 4 heteroatoms. The van der Waals surface area contributed by atoms with Gasteiger partial charge in [-0.1, -0.05) is 17.7 Å². The molecule has 0 saturated heterocycles. The Balaban J connectivity index is 1.94. The number of benzene rings is 2. The summed E-state index contributed by atoms with van der Waals surface area (Å²) < 4.78 is 10.4. The number of rotatable bonds is 6. The molecule has 0 atom stereocenters. The highest BCUT2D eigenvalue weighted by molar-refractivity contribution is 6.04. The normalized spacial score (nSPS) is 10.2. The quantitative estimate of drug-likeness (QED) is 0.829. The first-order valence-electron chi connectivity index (χ1n) is 6.79. The zero-order valence-electron chi connectivity index (χ0n) is 12.3. The predicted octanol–water partition coefficient (Wildman–Crippen LogP) is 3.27. The lowest BCUT2D eigenvalue weighted by Gasteiger charge is -2.08. The monoisotopic (exact) mass is 285 g/mol. The lowest BCUT2D eigenvalue weighted by Crippen LogP contribution is -2.11. The Morgan fingerprint density at radius 3 is 2.29 bits per heavy atom. The minimum atomic E-state index is -0.137. The maximum absolute atomic E-state index is 12.1. The Kier molecular flexibility index (Phi) is 5.35. The summed E-state index contributed by atoms with van der Waals surface area (Å²) in [5, 5.41) is 2.86. The Hall–Kier alpha value is -2.33. The van der Waals surface area contributed by atoms with E-state index in [9.17, 15) is 4.79 Å². The highest BCUT2D eigenvalue weighted by atomic mass is 16.5. The van der Waals surface area contributed by atoms with Crippen molar-refractivity contribution in [2.75, 3.05) is 25.6 Å². The number of ether oxygens (including phenoxy) is 2. The van der Waals surface area contributed by atoms with Gasteiger partial charge in [-0.25, -0.2) is 0 Å². The fourth-order valence-electron chi connectivity index (χ4n) is 1.79. The topological polar surface area (TPSA) is 47.6 Å². The first-order valence-corrected chi connectivity index (χ1v) is 6.79. The molecule has 4 nitrogen and oxygen atoms in total. The molecule has 0 spiro atoms. The maximum Gasteiger partial charge on any atom is 0.255 e. The van der Waals surface area contributed by atoms with Crippen LogP contribution in [0.3, 0.4) is 0 Å². The van der Waals surface area contributed by atoms with Gasteiger partial charge in [0, 0.05) is 18.4 Å². The van der Waals surface area contributed by atoms with Gasteiger partial charge >= 0.3 is 0 Å². The zero-order chi connectivity index (χ0) is 15.1. The molecule has 21 heavy (non-hydrogen) atoms. The summed E-state index contributed by atoms with van der Waals surface area (Å²) in [7, 11) is 1.63. The molecule has 0 unspecified atom stereocenters. The number of methoxy groups -OCH3 is 1. The number of carbonyl (C=O) groups is 1. The lowest BCUT2D eigenvalue weighted by molar-refractivity contribution is 0.102. The van der Waals surface area contributed by atoms with Crippen LogP contribution < -0.4 is 10.1 Å². The summed E-state index contributed by atoms with van der Waals surface area (Å²) in [6.07, 6.45) is 0. The van der Waals surface area contributed by atoms with Crippen molar-refractivity contribution in [2.45, 2.75) is 6.92 Å². The van der Waals surface area contributed by atoms with Gasteiger partial charge in [0.15, 0.2) is 0 Å². The second kappa shape index (κ2) is 7.45. The van der Waals surface area contributed by atoms with Gasteiger partial charge in [-0.2, -0.15) is 0 Å². The Morgan fingerprint density at radius 1 is 1.00 bits per heavy atom. The van der Waals surface area contributed by atoms with Crippen molar-refractivity contribution >= 4 is 11.6 Å². The number of hydrogen-bond acceptors (Lipinski definition) is 3. The van der Waals surface area contributed by atoms with Crippen molar-refractivity contribution in [3.8, 4) is 5.75 Å². The number of hydrogen-bond donors (Lipinski definition) is 1. The van der Waals surface area contributed by atoms with Gasteiger partial charge in [0.25, 0.3) is 5.91 Å². The molecule has 2 aromatic carbocycles. The molecule has 0 saturated carbocycles. The van der Waals surface area contributed by atoms with E-state index in [-0.39, 0.29) is 5.91 Å². The van der Waals surface area contributed by atoms with E-state index in [1.165, 1.54) is 0 Å². The Labute approximate surface area is 124 Å².